The molecule has 0 saturated heterocycles. The van der Waals surface area contributed by atoms with Crippen molar-refractivity contribution >= 4 is 12.0 Å². The van der Waals surface area contributed by atoms with Crippen LogP contribution in [0, 0.1) is 0 Å². The molecule has 0 spiro atoms. The third-order valence-corrected chi connectivity index (χ3v) is 2.33. The van der Waals surface area contributed by atoms with Gasteiger partial charge in [0.1, 0.15) is 6.61 Å². The zero-order chi connectivity index (χ0) is 13.1. The van der Waals surface area contributed by atoms with Gasteiger partial charge in [0.25, 0.3) is 0 Å². The number of hydrogen-bond acceptors (Lipinski definition) is 3. The molecule has 0 heterocycles. The van der Waals surface area contributed by atoms with E-state index >= 15 is 0 Å². The number of benzene rings is 1. The molecule has 18 heavy (non-hydrogen) atoms. The summed E-state index contributed by atoms with van der Waals surface area (Å²) in [7, 11) is 0. The van der Waals surface area contributed by atoms with Gasteiger partial charge in [-0.1, -0.05) is 43.7 Å². The molecule has 0 atom stereocenters. The summed E-state index contributed by atoms with van der Waals surface area (Å²) in [4.78, 5) is 11.3. The van der Waals surface area contributed by atoms with E-state index in [1.54, 1.807) is 6.08 Å². The van der Waals surface area contributed by atoms with Crippen LogP contribution >= 0.6 is 0 Å². The molecule has 0 aliphatic rings. The van der Waals surface area contributed by atoms with Crippen molar-refractivity contribution in [3.8, 4) is 0 Å². The maximum Gasteiger partial charge on any atom is 0.330 e. The van der Waals surface area contributed by atoms with Gasteiger partial charge in [-0.25, -0.2) is 4.79 Å². The van der Waals surface area contributed by atoms with Crippen molar-refractivity contribution in [2.75, 3.05) is 19.8 Å². The number of rotatable bonds is 8. The minimum atomic E-state index is -0.335. The van der Waals surface area contributed by atoms with Crippen LogP contribution in [0.1, 0.15) is 25.3 Å². The van der Waals surface area contributed by atoms with Crippen molar-refractivity contribution in [1.29, 1.82) is 0 Å². The SMILES string of the molecule is CCCCOCCOC(=O)/C=C/c1ccccc1. The van der Waals surface area contributed by atoms with E-state index in [-0.39, 0.29) is 5.97 Å². The van der Waals surface area contributed by atoms with Crippen LogP contribution in [0.3, 0.4) is 0 Å². The molecule has 98 valence electrons. The number of carbonyl (C=O) groups is 1. The highest BCUT2D eigenvalue weighted by molar-refractivity contribution is 5.86. The first-order chi connectivity index (χ1) is 8.83. The van der Waals surface area contributed by atoms with Gasteiger partial charge < -0.3 is 9.47 Å². The highest BCUT2D eigenvalue weighted by atomic mass is 16.6. The summed E-state index contributed by atoms with van der Waals surface area (Å²) in [5, 5.41) is 0. The van der Waals surface area contributed by atoms with Gasteiger partial charge in [-0.3, -0.25) is 0 Å². The van der Waals surface area contributed by atoms with E-state index in [0.29, 0.717) is 13.2 Å². The summed E-state index contributed by atoms with van der Waals surface area (Å²) in [5.41, 5.74) is 0.980. The van der Waals surface area contributed by atoms with Crippen LogP contribution in [-0.2, 0) is 14.3 Å². The predicted molar refractivity (Wildman–Crippen MR) is 72.2 cm³/mol. The molecular formula is C15H20O3. The van der Waals surface area contributed by atoms with Gasteiger partial charge in [-0.05, 0) is 18.1 Å². The van der Waals surface area contributed by atoms with Crippen LogP contribution in [0.5, 0.6) is 0 Å². The average molecular weight is 248 g/mol. The Hall–Kier alpha value is -1.61. The second-order valence-corrected chi connectivity index (χ2v) is 3.88. The van der Waals surface area contributed by atoms with Crippen molar-refractivity contribution in [2.24, 2.45) is 0 Å². The van der Waals surface area contributed by atoms with E-state index < -0.39 is 0 Å². The van der Waals surface area contributed by atoms with E-state index in [9.17, 15) is 4.79 Å². The van der Waals surface area contributed by atoms with Crippen LogP contribution in [0.4, 0.5) is 0 Å². The molecule has 1 aromatic rings. The highest BCUT2D eigenvalue weighted by Gasteiger charge is 1.96. The Kier molecular flexibility index (Phi) is 7.57. The van der Waals surface area contributed by atoms with Gasteiger partial charge in [-0.2, -0.15) is 0 Å². The van der Waals surface area contributed by atoms with E-state index in [1.807, 2.05) is 30.3 Å². The van der Waals surface area contributed by atoms with Crippen LogP contribution in [-0.4, -0.2) is 25.8 Å². The maximum atomic E-state index is 11.3. The highest BCUT2D eigenvalue weighted by Crippen LogP contribution is 2.01. The van der Waals surface area contributed by atoms with E-state index in [1.165, 1.54) is 6.08 Å². The lowest BCUT2D eigenvalue weighted by Gasteiger charge is -2.03. The Morgan fingerprint density at radius 1 is 1.17 bits per heavy atom. The fraction of sp³-hybridized carbons (Fsp3) is 0.400. The van der Waals surface area contributed by atoms with E-state index in [2.05, 4.69) is 6.92 Å². The molecular weight excluding hydrogens is 228 g/mol. The first kappa shape index (κ1) is 14.5. The van der Waals surface area contributed by atoms with Crippen molar-refractivity contribution in [2.45, 2.75) is 19.8 Å². The smallest absolute Gasteiger partial charge is 0.330 e. The first-order valence-corrected chi connectivity index (χ1v) is 6.30. The summed E-state index contributed by atoms with van der Waals surface area (Å²) >= 11 is 0. The molecule has 3 nitrogen and oxygen atoms in total. The molecule has 1 aromatic carbocycles. The third kappa shape index (κ3) is 6.86. The van der Waals surface area contributed by atoms with Crippen molar-refractivity contribution < 1.29 is 14.3 Å². The van der Waals surface area contributed by atoms with Gasteiger partial charge >= 0.3 is 5.97 Å². The molecule has 0 bridgehead atoms. The van der Waals surface area contributed by atoms with Crippen LogP contribution < -0.4 is 0 Å². The van der Waals surface area contributed by atoms with Crippen molar-refractivity contribution in [3.63, 3.8) is 0 Å². The number of unbranched alkanes of at least 4 members (excludes halogenated alkanes) is 1. The second kappa shape index (κ2) is 9.42. The molecule has 0 aliphatic heterocycles. The van der Waals surface area contributed by atoms with Gasteiger partial charge in [0.2, 0.25) is 0 Å². The molecule has 3 heteroatoms. The van der Waals surface area contributed by atoms with Crippen LogP contribution in [0.25, 0.3) is 6.08 Å². The molecule has 0 aliphatic carbocycles. The van der Waals surface area contributed by atoms with E-state index in [0.717, 1.165) is 25.0 Å². The quantitative estimate of drug-likeness (QED) is 0.403. The lowest BCUT2D eigenvalue weighted by atomic mass is 10.2. The monoisotopic (exact) mass is 248 g/mol. The average Bonchev–Trinajstić information content (AvgIpc) is 2.41. The molecule has 1 rings (SSSR count). The summed E-state index contributed by atoms with van der Waals surface area (Å²) in [6.45, 7) is 3.61. The predicted octanol–water partition coefficient (Wildman–Crippen LogP) is 3.06. The molecule has 0 aromatic heterocycles. The lowest BCUT2D eigenvalue weighted by molar-refractivity contribution is -0.139. The first-order valence-electron chi connectivity index (χ1n) is 6.30. The zero-order valence-electron chi connectivity index (χ0n) is 10.8. The minimum absolute atomic E-state index is 0.307. The Balaban J connectivity index is 2.12. The summed E-state index contributed by atoms with van der Waals surface area (Å²) in [6.07, 6.45) is 5.32. The normalized spacial score (nSPS) is 10.7. The Bertz CT molecular complexity index is 357. The Morgan fingerprint density at radius 2 is 1.94 bits per heavy atom. The number of hydrogen-bond donors (Lipinski definition) is 0. The van der Waals surface area contributed by atoms with Crippen LogP contribution in [0.2, 0.25) is 0 Å². The summed E-state index contributed by atoms with van der Waals surface area (Å²) in [5.74, 6) is -0.335. The van der Waals surface area contributed by atoms with Crippen molar-refractivity contribution in [1.82, 2.24) is 0 Å². The van der Waals surface area contributed by atoms with Gasteiger partial charge in [0.15, 0.2) is 0 Å². The zero-order valence-corrected chi connectivity index (χ0v) is 10.8. The molecule has 0 radical (unpaired) electrons. The number of ether oxygens (including phenoxy) is 2. The Labute approximate surface area is 108 Å². The third-order valence-electron chi connectivity index (χ3n) is 2.33. The number of esters is 1. The molecule has 0 N–H and O–H groups in total. The second-order valence-electron chi connectivity index (χ2n) is 3.88. The fourth-order valence-electron chi connectivity index (χ4n) is 1.33. The van der Waals surface area contributed by atoms with Crippen molar-refractivity contribution in [3.05, 3.63) is 42.0 Å². The molecule has 0 fully saturated rings. The standard InChI is InChI=1S/C15H20O3/c1-2-3-11-17-12-13-18-15(16)10-9-14-7-5-4-6-8-14/h4-10H,2-3,11-13H2,1H3/b10-9+. The minimum Gasteiger partial charge on any atom is -0.460 e. The topological polar surface area (TPSA) is 35.5 Å². The van der Waals surface area contributed by atoms with E-state index in [4.69, 9.17) is 9.47 Å². The van der Waals surface area contributed by atoms with Crippen LogP contribution in [0.15, 0.2) is 36.4 Å². The Morgan fingerprint density at radius 3 is 2.67 bits per heavy atom. The summed E-state index contributed by atoms with van der Waals surface area (Å²) < 4.78 is 10.3. The fourth-order valence-corrected chi connectivity index (χ4v) is 1.33. The summed E-state index contributed by atoms with van der Waals surface area (Å²) in [6, 6.07) is 9.64. The maximum absolute atomic E-state index is 11.3. The van der Waals surface area contributed by atoms with Gasteiger partial charge in [0, 0.05) is 12.7 Å². The largest absolute Gasteiger partial charge is 0.460 e. The lowest BCUT2D eigenvalue weighted by Crippen LogP contribution is -2.08. The molecule has 0 unspecified atom stereocenters. The van der Waals surface area contributed by atoms with Gasteiger partial charge in [-0.15, -0.1) is 0 Å². The molecule has 0 saturated carbocycles. The number of carbonyl (C=O) groups excluding carboxylic acids is 1. The van der Waals surface area contributed by atoms with Gasteiger partial charge in [0.05, 0.1) is 6.61 Å². The molecule has 0 amide bonds.